The highest BCUT2D eigenvalue weighted by Gasteiger charge is 2.11. The Kier molecular flexibility index (Phi) is 7.77. The van der Waals surface area contributed by atoms with E-state index in [1.54, 1.807) is 0 Å². The third-order valence-corrected chi connectivity index (χ3v) is 3.65. The summed E-state index contributed by atoms with van der Waals surface area (Å²) in [5, 5.41) is 3.31. The van der Waals surface area contributed by atoms with Gasteiger partial charge in [0.1, 0.15) is 19.0 Å². The van der Waals surface area contributed by atoms with Gasteiger partial charge in [-0.2, -0.15) is 0 Å². The second-order valence-corrected chi connectivity index (χ2v) is 5.50. The minimum atomic E-state index is 0. The van der Waals surface area contributed by atoms with Crippen LogP contribution in [0.2, 0.25) is 0 Å². The summed E-state index contributed by atoms with van der Waals surface area (Å²) in [4.78, 5) is 10.8. The number of benzene rings is 1. The van der Waals surface area contributed by atoms with Crippen molar-refractivity contribution in [1.82, 2.24) is 15.2 Å². The number of guanidine groups is 1. The van der Waals surface area contributed by atoms with Crippen molar-refractivity contribution < 1.29 is 9.47 Å². The number of para-hydroxylation sites is 1. The van der Waals surface area contributed by atoms with Crippen LogP contribution in [0.5, 0.6) is 11.6 Å². The van der Waals surface area contributed by atoms with E-state index < -0.39 is 0 Å². The van der Waals surface area contributed by atoms with Crippen LogP contribution in [0.25, 0.3) is 0 Å². The van der Waals surface area contributed by atoms with Gasteiger partial charge in [-0.15, -0.1) is 24.0 Å². The van der Waals surface area contributed by atoms with Gasteiger partial charge in [-0.3, -0.25) is 4.99 Å². The second kappa shape index (κ2) is 10.1. The maximum Gasteiger partial charge on any atom is 0.213 e. The third kappa shape index (κ3) is 6.08. The third-order valence-electron chi connectivity index (χ3n) is 3.65. The van der Waals surface area contributed by atoms with Gasteiger partial charge in [0.2, 0.25) is 5.88 Å². The predicted molar refractivity (Wildman–Crippen MR) is 109 cm³/mol. The largest absolute Gasteiger partial charge is 0.490 e. The zero-order valence-electron chi connectivity index (χ0n) is 14.2. The fraction of sp³-hybridized carbons (Fsp3) is 0.333. The van der Waals surface area contributed by atoms with Crippen molar-refractivity contribution in [3.8, 4) is 11.6 Å². The molecule has 134 valence electrons. The van der Waals surface area contributed by atoms with Gasteiger partial charge in [-0.1, -0.05) is 24.3 Å². The number of halogens is 1. The summed E-state index contributed by atoms with van der Waals surface area (Å²) in [6, 6.07) is 13.6. The highest BCUT2D eigenvalue weighted by molar-refractivity contribution is 14.0. The molecule has 0 saturated heterocycles. The average molecular weight is 454 g/mol. The lowest BCUT2D eigenvalue weighted by Crippen LogP contribution is -2.35. The fourth-order valence-electron chi connectivity index (χ4n) is 2.33. The highest BCUT2D eigenvalue weighted by atomic mass is 127. The van der Waals surface area contributed by atoms with Crippen molar-refractivity contribution in [1.29, 1.82) is 0 Å². The first kappa shape index (κ1) is 19.3. The number of pyridine rings is 1. The van der Waals surface area contributed by atoms with Crippen LogP contribution in [0.1, 0.15) is 5.56 Å². The minimum absolute atomic E-state index is 0. The molecular formula is C18H23IN4O2. The topological polar surface area (TPSA) is 59.0 Å². The van der Waals surface area contributed by atoms with E-state index in [4.69, 9.17) is 9.47 Å². The molecule has 0 unspecified atom stereocenters. The SMILES string of the molecule is CN1CCN=C1NCc1ccc(OCCOc2ccccc2)nc1.I. The van der Waals surface area contributed by atoms with E-state index in [0.29, 0.717) is 25.6 Å². The Morgan fingerprint density at radius 1 is 1.08 bits per heavy atom. The summed E-state index contributed by atoms with van der Waals surface area (Å²) in [6.07, 6.45) is 1.82. The van der Waals surface area contributed by atoms with E-state index in [2.05, 4.69) is 20.2 Å². The van der Waals surface area contributed by atoms with Crippen molar-refractivity contribution in [2.75, 3.05) is 33.4 Å². The van der Waals surface area contributed by atoms with Crippen LogP contribution in [0.3, 0.4) is 0 Å². The quantitative estimate of drug-likeness (QED) is 0.515. The number of ether oxygens (including phenoxy) is 2. The Morgan fingerprint density at radius 2 is 1.88 bits per heavy atom. The average Bonchev–Trinajstić information content (AvgIpc) is 3.04. The summed E-state index contributed by atoms with van der Waals surface area (Å²) < 4.78 is 11.2. The highest BCUT2D eigenvalue weighted by Crippen LogP contribution is 2.10. The summed E-state index contributed by atoms with van der Waals surface area (Å²) in [6.45, 7) is 3.48. The first-order chi connectivity index (χ1) is 11.8. The van der Waals surface area contributed by atoms with Gasteiger partial charge < -0.3 is 19.7 Å². The normalized spacial score (nSPS) is 13.0. The molecule has 0 aliphatic carbocycles. The molecule has 1 aliphatic heterocycles. The van der Waals surface area contributed by atoms with Gasteiger partial charge >= 0.3 is 0 Å². The zero-order valence-corrected chi connectivity index (χ0v) is 16.6. The Bertz CT molecular complexity index is 665. The first-order valence-electron chi connectivity index (χ1n) is 8.06. The van der Waals surface area contributed by atoms with Crippen molar-refractivity contribution in [3.63, 3.8) is 0 Å². The molecule has 0 fully saturated rings. The van der Waals surface area contributed by atoms with Gasteiger partial charge in [0.15, 0.2) is 5.96 Å². The lowest BCUT2D eigenvalue weighted by molar-refractivity contribution is 0.212. The number of nitrogens with one attached hydrogen (secondary N) is 1. The Balaban J connectivity index is 0.00000225. The molecule has 3 rings (SSSR count). The smallest absolute Gasteiger partial charge is 0.213 e. The number of hydrogen-bond donors (Lipinski definition) is 1. The lowest BCUT2D eigenvalue weighted by atomic mass is 10.3. The lowest BCUT2D eigenvalue weighted by Gasteiger charge is -2.15. The van der Waals surface area contributed by atoms with Crippen LogP contribution in [-0.2, 0) is 6.54 Å². The molecule has 1 aliphatic rings. The van der Waals surface area contributed by atoms with Crippen LogP contribution < -0.4 is 14.8 Å². The molecule has 0 amide bonds. The zero-order chi connectivity index (χ0) is 16.6. The number of aromatic nitrogens is 1. The summed E-state index contributed by atoms with van der Waals surface area (Å²) in [5.74, 6) is 2.38. The molecule has 25 heavy (non-hydrogen) atoms. The molecule has 0 saturated carbocycles. The Hall–Kier alpha value is -2.03. The van der Waals surface area contributed by atoms with Crippen LogP contribution in [0.15, 0.2) is 53.7 Å². The summed E-state index contributed by atoms with van der Waals surface area (Å²) in [7, 11) is 2.03. The first-order valence-corrected chi connectivity index (χ1v) is 8.06. The maximum absolute atomic E-state index is 5.59. The van der Waals surface area contributed by atoms with Crippen molar-refractivity contribution in [3.05, 3.63) is 54.2 Å². The molecule has 2 heterocycles. The number of rotatable bonds is 7. The maximum atomic E-state index is 5.59. The molecule has 0 bridgehead atoms. The number of aliphatic imine (C=N–C) groups is 1. The second-order valence-electron chi connectivity index (χ2n) is 5.50. The van der Waals surface area contributed by atoms with E-state index in [-0.39, 0.29) is 24.0 Å². The van der Waals surface area contributed by atoms with Crippen LogP contribution in [0, 0.1) is 0 Å². The minimum Gasteiger partial charge on any atom is -0.490 e. The van der Waals surface area contributed by atoms with Gasteiger partial charge in [-0.25, -0.2) is 4.98 Å². The molecule has 0 radical (unpaired) electrons. The van der Waals surface area contributed by atoms with Gasteiger partial charge in [0.25, 0.3) is 0 Å². The molecule has 0 spiro atoms. The molecule has 6 nitrogen and oxygen atoms in total. The summed E-state index contributed by atoms with van der Waals surface area (Å²) in [5.41, 5.74) is 1.09. The summed E-state index contributed by atoms with van der Waals surface area (Å²) >= 11 is 0. The van der Waals surface area contributed by atoms with E-state index in [9.17, 15) is 0 Å². The van der Waals surface area contributed by atoms with Crippen LogP contribution in [0.4, 0.5) is 0 Å². The standard InChI is InChI=1S/C18H22N4O2.HI/c1-22-10-9-19-18(22)21-14-15-7-8-17(20-13-15)24-12-11-23-16-5-3-2-4-6-16;/h2-8,13H,9-12,14H2,1H3,(H,19,21);1H. The monoisotopic (exact) mass is 454 g/mol. The van der Waals surface area contributed by atoms with E-state index in [1.165, 1.54) is 0 Å². The van der Waals surface area contributed by atoms with Crippen LogP contribution >= 0.6 is 24.0 Å². The van der Waals surface area contributed by atoms with Gasteiger partial charge in [0, 0.05) is 32.4 Å². The van der Waals surface area contributed by atoms with Crippen molar-refractivity contribution in [2.45, 2.75) is 6.54 Å². The molecule has 1 N–H and O–H groups in total. The van der Waals surface area contributed by atoms with Crippen LogP contribution in [-0.4, -0.2) is 49.2 Å². The van der Waals surface area contributed by atoms with E-state index in [0.717, 1.165) is 30.4 Å². The van der Waals surface area contributed by atoms with E-state index in [1.807, 2.05) is 55.7 Å². The molecule has 0 atom stereocenters. The number of likely N-dealkylation sites (N-methyl/N-ethyl adjacent to an activating group) is 1. The molecule has 1 aromatic heterocycles. The molecule has 2 aromatic rings. The van der Waals surface area contributed by atoms with Gasteiger partial charge in [0.05, 0.1) is 6.54 Å². The Labute approximate surface area is 165 Å². The predicted octanol–water partition coefficient (Wildman–Crippen LogP) is 2.55. The molecule has 1 aromatic carbocycles. The fourth-order valence-corrected chi connectivity index (χ4v) is 2.33. The van der Waals surface area contributed by atoms with Gasteiger partial charge in [-0.05, 0) is 17.7 Å². The molecular weight excluding hydrogens is 431 g/mol. The number of nitrogens with zero attached hydrogens (tertiary/aromatic N) is 3. The number of hydrogen-bond acceptors (Lipinski definition) is 6. The van der Waals surface area contributed by atoms with E-state index >= 15 is 0 Å². The molecule has 7 heteroatoms. The Morgan fingerprint density at radius 3 is 2.56 bits per heavy atom. The van der Waals surface area contributed by atoms with Crippen molar-refractivity contribution in [2.24, 2.45) is 4.99 Å². The van der Waals surface area contributed by atoms with Crippen molar-refractivity contribution >= 4 is 29.9 Å².